The largest absolute Gasteiger partial charge is 0.387 e. The smallest absolute Gasteiger partial charge is 0.297 e. The molecule has 1 saturated heterocycles. The number of ether oxygens (including phenoxy) is 1. The Morgan fingerprint density at radius 2 is 1.78 bits per heavy atom. The van der Waals surface area contributed by atoms with E-state index >= 15 is 0 Å². The van der Waals surface area contributed by atoms with Gasteiger partial charge >= 0.3 is 0 Å². The minimum atomic E-state index is -4.01. The van der Waals surface area contributed by atoms with Crippen molar-refractivity contribution >= 4 is 10.1 Å². The Bertz CT molecular complexity index is 727. The monoisotopic (exact) mass is 344 g/mol. The molecule has 1 saturated carbocycles. The first-order valence-corrected chi connectivity index (χ1v) is 8.65. The zero-order valence-corrected chi connectivity index (χ0v) is 13.9. The standard InChI is InChI=1S/C15H20O7S/c1-9-4-6-10(7-5-9)23(19,20)21-8-11-12(16)14(17)13(2,3)15(14,18)22-11/h4-7,11-12,16-18H,8H2,1-3H3/t11-,12+,14+,15?/m1/s1. The molecular formula is C15H20O7S. The average molecular weight is 344 g/mol. The van der Waals surface area contributed by atoms with Crippen molar-refractivity contribution < 1.29 is 32.7 Å². The van der Waals surface area contributed by atoms with Gasteiger partial charge in [0.15, 0.2) is 5.60 Å². The van der Waals surface area contributed by atoms with Crippen molar-refractivity contribution in [2.24, 2.45) is 5.41 Å². The van der Waals surface area contributed by atoms with Gasteiger partial charge < -0.3 is 20.1 Å². The molecule has 3 N–H and O–H groups in total. The first-order chi connectivity index (χ1) is 10.5. The summed E-state index contributed by atoms with van der Waals surface area (Å²) in [7, 11) is -4.01. The molecule has 1 aliphatic carbocycles. The first-order valence-electron chi connectivity index (χ1n) is 7.24. The SMILES string of the molecule is Cc1ccc(S(=O)(=O)OC[C@H]2OC3(O)C(C)(C)[C@@]3(O)[C@H]2O)cc1. The summed E-state index contributed by atoms with van der Waals surface area (Å²) < 4.78 is 34.4. The van der Waals surface area contributed by atoms with Gasteiger partial charge in [-0.2, -0.15) is 8.42 Å². The number of rotatable bonds is 4. The van der Waals surface area contributed by atoms with Gasteiger partial charge in [0.25, 0.3) is 10.1 Å². The Labute approximate surface area is 134 Å². The van der Waals surface area contributed by atoms with Crippen molar-refractivity contribution in [1.29, 1.82) is 0 Å². The van der Waals surface area contributed by atoms with Crippen LogP contribution in [-0.2, 0) is 19.0 Å². The second-order valence-electron chi connectivity index (χ2n) is 6.69. The van der Waals surface area contributed by atoms with Crippen LogP contribution in [0.5, 0.6) is 0 Å². The summed E-state index contributed by atoms with van der Waals surface area (Å²) in [5.74, 6) is -1.90. The normalized spacial score (nSPS) is 38.3. The summed E-state index contributed by atoms with van der Waals surface area (Å²) >= 11 is 0. The highest BCUT2D eigenvalue weighted by molar-refractivity contribution is 7.86. The molecule has 1 aliphatic heterocycles. The fourth-order valence-electron chi connectivity index (χ4n) is 3.24. The molecule has 3 rings (SSSR count). The second-order valence-corrected chi connectivity index (χ2v) is 8.30. The number of hydrogen-bond donors (Lipinski definition) is 3. The van der Waals surface area contributed by atoms with Crippen molar-refractivity contribution in [2.75, 3.05) is 6.61 Å². The summed E-state index contributed by atoms with van der Waals surface area (Å²) in [6, 6.07) is 6.11. The fraction of sp³-hybridized carbons (Fsp3) is 0.600. The van der Waals surface area contributed by atoms with Crippen molar-refractivity contribution in [3.05, 3.63) is 29.8 Å². The lowest BCUT2D eigenvalue weighted by molar-refractivity contribution is -0.177. The Kier molecular flexibility index (Phi) is 3.47. The molecule has 1 unspecified atom stereocenters. The molecule has 0 aromatic heterocycles. The van der Waals surface area contributed by atoms with Crippen LogP contribution in [0.25, 0.3) is 0 Å². The molecular weight excluding hydrogens is 324 g/mol. The van der Waals surface area contributed by atoms with Crippen LogP contribution in [0.1, 0.15) is 19.4 Å². The van der Waals surface area contributed by atoms with Crippen molar-refractivity contribution in [1.82, 2.24) is 0 Å². The topological polar surface area (TPSA) is 113 Å². The van der Waals surface area contributed by atoms with Gasteiger partial charge in [0.2, 0.25) is 5.79 Å². The maximum Gasteiger partial charge on any atom is 0.297 e. The lowest BCUT2D eigenvalue weighted by atomic mass is 9.98. The lowest BCUT2D eigenvalue weighted by Crippen LogP contribution is -2.42. The minimum Gasteiger partial charge on any atom is -0.387 e. The van der Waals surface area contributed by atoms with Crippen molar-refractivity contribution in [3.63, 3.8) is 0 Å². The molecule has 0 amide bonds. The van der Waals surface area contributed by atoms with E-state index in [0.29, 0.717) is 0 Å². The number of hydrogen-bond acceptors (Lipinski definition) is 7. The van der Waals surface area contributed by atoms with Crippen LogP contribution in [0, 0.1) is 12.3 Å². The number of fused-ring (bicyclic) bond motifs is 1. The van der Waals surface area contributed by atoms with E-state index in [9.17, 15) is 23.7 Å². The van der Waals surface area contributed by atoms with Gasteiger partial charge in [-0.15, -0.1) is 0 Å². The van der Waals surface area contributed by atoms with Crippen LogP contribution >= 0.6 is 0 Å². The van der Waals surface area contributed by atoms with E-state index in [0.717, 1.165) is 5.56 Å². The van der Waals surface area contributed by atoms with Gasteiger partial charge in [-0.3, -0.25) is 4.18 Å². The van der Waals surface area contributed by atoms with Gasteiger partial charge in [0.05, 0.1) is 16.9 Å². The van der Waals surface area contributed by atoms with Crippen LogP contribution in [0.3, 0.4) is 0 Å². The predicted octanol–water partition coefficient (Wildman–Crippen LogP) is -0.0805. The van der Waals surface area contributed by atoms with E-state index < -0.39 is 45.7 Å². The maximum absolute atomic E-state index is 12.1. The molecule has 1 heterocycles. The third-order valence-corrected chi connectivity index (χ3v) is 6.35. The van der Waals surface area contributed by atoms with Crippen molar-refractivity contribution in [3.8, 4) is 0 Å². The lowest BCUT2D eigenvalue weighted by Gasteiger charge is -2.24. The number of benzene rings is 1. The third kappa shape index (κ3) is 2.03. The maximum atomic E-state index is 12.1. The van der Waals surface area contributed by atoms with Gasteiger partial charge in [0, 0.05) is 0 Å². The Hall–Kier alpha value is -1.03. The molecule has 2 aliphatic rings. The molecule has 4 atom stereocenters. The van der Waals surface area contributed by atoms with Gasteiger partial charge in [-0.25, -0.2) is 0 Å². The van der Waals surface area contributed by atoms with Crippen molar-refractivity contribution in [2.45, 2.75) is 49.3 Å². The summed E-state index contributed by atoms with van der Waals surface area (Å²) in [5, 5.41) is 30.7. The van der Waals surface area contributed by atoms with E-state index in [1.54, 1.807) is 26.0 Å². The fourth-order valence-corrected chi connectivity index (χ4v) is 4.16. The van der Waals surface area contributed by atoms with Crippen LogP contribution in [0.4, 0.5) is 0 Å². The zero-order chi connectivity index (χ0) is 17.3. The number of aryl methyl sites for hydroxylation is 1. The van der Waals surface area contributed by atoms with Crippen LogP contribution in [0.2, 0.25) is 0 Å². The van der Waals surface area contributed by atoms with E-state index in [1.165, 1.54) is 12.1 Å². The molecule has 8 heteroatoms. The van der Waals surface area contributed by atoms with Crippen LogP contribution in [-0.4, -0.2) is 53.9 Å². The number of aliphatic hydroxyl groups is 3. The molecule has 0 radical (unpaired) electrons. The minimum absolute atomic E-state index is 0.0153. The van der Waals surface area contributed by atoms with E-state index in [2.05, 4.69) is 0 Å². The van der Waals surface area contributed by atoms with E-state index in [4.69, 9.17) is 8.92 Å². The highest BCUT2D eigenvalue weighted by Gasteiger charge is 2.92. The summed E-state index contributed by atoms with van der Waals surface area (Å²) in [6.07, 6.45) is -2.59. The highest BCUT2D eigenvalue weighted by atomic mass is 32.2. The first kappa shape index (κ1) is 16.8. The Morgan fingerprint density at radius 3 is 2.26 bits per heavy atom. The molecule has 1 aromatic rings. The molecule has 23 heavy (non-hydrogen) atoms. The second kappa shape index (κ2) is 4.75. The zero-order valence-electron chi connectivity index (χ0n) is 13.1. The van der Waals surface area contributed by atoms with E-state index in [-0.39, 0.29) is 4.90 Å². The Morgan fingerprint density at radius 1 is 1.22 bits per heavy atom. The summed E-state index contributed by atoms with van der Waals surface area (Å²) in [5.41, 5.74) is -1.96. The highest BCUT2D eigenvalue weighted by Crippen LogP contribution is 2.71. The molecule has 0 bridgehead atoms. The van der Waals surface area contributed by atoms with Gasteiger partial charge in [0.1, 0.15) is 12.2 Å². The number of aliphatic hydroxyl groups excluding tert-OH is 1. The molecule has 1 aromatic carbocycles. The molecule has 0 spiro atoms. The van der Waals surface area contributed by atoms with Crippen LogP contribution in [0.15, 0.2) is 29.2 Å². The Balaban J connectivity index is 1.70. The van der Waals surface area contributed by atoms with Gasteiger partial charge in [-0.1, -0.05) is 31.5 Å². The quantitative estimate of drug-likeness (QED) is 0.655. The third-order valence-electron chi connectivity index (χ3n) is 5.05. The van der Waals surface area contributed by atoms with Crippen LogP contribution < -0.4 is 0 Å². The van der Waals surface area contributed by atoms with E-state index in [1.807, 2.05) is 6.92 Å². The average Bonchev–Trinajstić information content (AvgIpc) is 2.69. The van der Waals surface area contributed by atoms with Gasteiger partial charge in [-0.05, 0) is 19.1 Å². The summed E-state index contributed by atoms with van der Waals surface area (Å²) in [6.45, 7) is 4.43. The predicted molar refractivity (Wildman–Crippen MR) is 78.9 cm³/mol. The molecule has 2 fully saturated rings. The summed E-state index contributed by atoms with van der Waals surface area (Å²) in [4.78, 5) is -0.0153. The molecule has 128 valence electrons. The molecule has 7 nitrogen and oxygen atoms in total.